The van der Waals surface area contributed by atoms with Gasteiger partial charge in [0.05, 0.1) is 6.42 Å². The number of allylic oxidation sites excluding steroid dienone is 1. The molecule has 2 amide bonds. The van der Waals surface area contributed by atoms with Crippen molar-refractivity contribution in [3.05, 3.63) is 59.2 Å². The second-order valence-corrected chi connectivity index (χ2v) is 8.44. The van der Waals surface area contributed by atoms with Gasteiger partial charge in [-0.3, -0.25) is 19.7 Å². The molecule has 32 heavy (non-hydrogen) atoms. The van der Waals surface area contributed by atoms with Crippen molar-refractivity contribution in [1.82, 2.24) is 5.32 Å². The van der Waals surface area contributed by atoms with E-state index < -0.39 is 17.8 Å². The van der Waals surface area contributed by atoms with Gasteiger partial charge in [0, 0.05) is 11.6 Å². The van der Waals surface area contributed by atoms with E-state index in [2.05, 4.69) is 31.0 Å². The third-order valence-corrected chi connectivity index (χ3v) is 5.83. The molecule has 0 saturated carbocycles. The molecular formula is C27H37NO4. The van der Waals surface area contributed by atoms with E-state index in [4.69, 9.17) is 4.74 Å². The van der Waals surface area contributed by atoms with Gasteiger partial charge in [-0.15, -0.1) is 6.58 Å². The Labute approximate surface area is 192 Å². The minimum Gasteiger partial charge on any atom is -0.461 e. The summed E-state index contributed by atoms with van der Waals surface area (Å²) in [5, 5.41) is 2.13. The van der Waals surface area contributed by atoms with Gasteiger partial charge in [0.15, 0.2) is 0 Å². The first-order chi connectivity index (χ1) is 15.5. The average molecular weight is 440 g/mol. The molecule has 0 spiro atoms. The Balaban J connectivity index is 1.68. The van der Waals surface area contributed by atoms with Crippen LogP contribution in [0.5, 0.6) is 0 Å². The summed E-state index contributed by atoms with van der Waals surface area (Å²) in [5.41, 5.74) is 3.65. The second-order valence-electron chi connectivity index (χ2n) is 8.44. The lowest BCUT2D eigenvalue weighted by Gasteiger charge is -2.11. The molecule has 0 fully saturated rings. The molecule has 0 aromatic heterocycles. The monoisotopic (exact) mass is 439 g/mol. The van der Waals surface area contributed by atoms with Crippen LogP contribution in [-0.4, -0.2) is 17.8 Å². The quantitative estimate of drug-likeness (QED) is 0.160. The van der Waals surface area contributed by atoms with Crippen LogP contribution < -0.4 is 5.32 Å². The number of rotatable bonds is 16. The number of hydrogen-bond acceptors (Lipinski definition) is 4. The molecule has 2 rings (SSSR count). The molecule has 1 aliphatic rings. The van der Waals surface area contributed by atoms with Gasteiger partial charge in [0.25, 0.3) is 11.8 Å². The number of unbranched alkanes of at least 4 members (excludes halogenated alkanes) is 8. The van der Waals surface area contributed by atoms with Crippen LogP contribution in [0.25, 0.3) is 0 Å². The fourth-order valence-corrected chi connectivity index (χ4v) is 3.93. The summed E-state index contributed by atoms with van der Waals surface area (Å²) in [7, 11) is 0. The number of aryl methyl sites for hydroxylation is 2. The van der Waals surface area contributed by atoms with E-state index >= 15 is 0 Å². The van der Waals surface area contributed by atoms with E-state index in [0.717, 1.165) is 30.9 Å². The smallest absolute Gasteiger partial charge is 0.310 e. The van der Waals surface area contributed by atoms with Crippen molar-refractivity contribution in [3.8, 4) is 0 Å². The Morgan fingerprint density at radius 2 is 1.69 bits per heavy atom. The van der Waals surface area contributed by atoms with E-state index in [1.807, 2.05) is 12.1 Å². The van der Waals surface area contributed by atoms with Gasteiger partial charge >= 0.3 is 5.97 Å². The lowest BCUT2D eigenvalue weighted by atomic mass is 9.98. The molecule has 1 aromatic rings. The average Bonchev–Trinajstić information content (AvgIpc) is 3.10. The molecule has 174 valence electrons. The number of benzene rings is 1. The fourth-order valence-electron chi connectivity index (χ4n) is 3.93. The zero-order chi connectivity index (χ0) is 23.2. The van der Waals surface area contributed by atoms with Crippen LogP contribution in [0.2, 0.25) is 0 Å². The van der Waals surface area contributed by atoms with E-state index in [1.165, 1.54) is 62.5 Å². The van der Waals surface area contributed by atoms with Gasteiger partial charge in [-0.05, 0) is 48.8 Å². The third-order valence-electron chi connectivity index (χ3n) is 5.83. The van der Waals surface area contributed by atoms with Gasteiger partial charge in [-0.2, -0.15) is 0 Å². The summed E-state index contributed by atoms with van der Waals surface area (Å²) in [6, 6.07) is 6.37. The topological polar surface area (TPSA) is 72.5 Å². The summed E-state index contributed by atoms with van der Waals surface area (Å²) >= 11 is 0. The van der Waals surface area contributed by atoms with E-state index in [1.54, 1.807) is 0 Å². The highest BCUT2D eigenvalue weighted by atomic mass is 16.5. The molecule has 1 N–H and O–H groups in total. The van der Waals surface area contributed by atoms with Gasteiger partial charge < -0.3 is 4.74 Å². The van der Waals surface area contributed by atoms with Gasteiger partial charge in [0.2, 0.25) is 0 Å². The maximum absolute atomic E-state index is 12.0. The van der Waals surface area contributed by atoms with Crippen molar-refractivity contribution in [2.75, 3.05) is 0 Å². The number of amides is 2. The number of esters is 1. The predicted molar refractivity (Wildman–Crippen MR) is 127 cm³/mol. The molecule has 0 radical (unpaired) electrons. The van der Waals surface area contributed by atoms with Crippen LogP contribution in [0.3, 0.4) is 0 Å². The molecule has 0 bridgehead atoms. The van der Waals surface area contributed by atoms with Crippen molar-refractivity contribution < 1.29 is 19.1 Å². The van der Waals surface area contributed by atoms with Gasteiger partial charge in [-0.25, -0.2) is 0 Å². The summed E-state index contributed by atoms with van der Waals surface area (Å²) in [5.74, 6) is -1.51. The van der Waals surface area contributed by atoms with Crippen molar-refractivity contribution >= 4 is 17.8 Å². The molecular weight excluding hydrogens is 402 g/mol. The first kappa shape index (κ1) is 25.6. The molecule has 0 saturated heterocycles. The van der Waals surface area contributed by atoms with Crippen molar-refractivity contribution in [2.45, 2.75) is 90.6 Å². The van der Waals surface area contributed by atoms with Crippen LogP contribution in [0.1, 0.15) is 87.8 Å². The third kappa shape index (κ3) is 9.21. The van der Waals surface area contributed by atoms with Gasteiger partial charge in [0.1, 0.15) is 6.61 Å². The lowest BCUT2D eigenvalue weighted by Crippen LogP contribution is -2.23. The van der Waals surface area contributed by atoms with E-state index in [-0.39, 0.29) is 18.6 Å². The zero-order valence-corrected chi connectivity index (χ0v) is 19.4. The molecule has 5 heteroatoms. The van der Waals surface area contributed by atoms with Crippen LogP contribution >= 0.6 is 0 Å². The van der Waals surface area contributed by atoms with Crippen LogP contribution in [-0.2, 0) is 38.6 Å². The largest absolute Gasteiger partial charge is 0.461 e. The number of carbonyl (C=O) groups excluding carboxylic acids is 3. The molecule has 1 heterocycles. The van der Waals surface area contributed by atoms with Crippen LogP contribution in [0.15, 0.2) is 42.5 Å². The highest BCUT2D eigenvalue weighted by Crippen LogP contribution is 2.18. The van der Waals surface area contributed by atoms with Crippen molar-refractivity contribution in [1.29, 1.82) is 0 Å². The van der Waals surface area contributed by atoms with Crippen LogP contribution in [0.4, 0.5) is 0 Å². The van der Waals surface area contributed by atoms with Gasteiger partial charge in [-0.1, -0.05) is 69.7 Å². The fraction of sp³-hybridized carbons (Fsp3) is 0.519. The molecule has 1 aliphatic heterocycles. The highest BCUT2D eigenvalue weighted by molar-refractivity contribution is 6.17. The Kier molecular flexibility index (Phi) is 11.5. The maximum atomic E-state index is 12.0. The summed E-state index contributed by atoms with van der Waals surface area (Å²) in [6.07, 6.45) is 16.4. The molecule has 0 unspecified atom stereocenters. The van der Waals surface area contributed by atoms with Crippen molar-refractivity contribution in [2.24, 2.45) is 0 Å². The van der Waals surface area contributed by atoms with E-state index in [0.29, 0.717) is 0 Å². The first-order valence-corrected chi connectivity index (χ1v) is 12.0. The predicted octanol–water partition coefficient (Wildman–Crippen LogP) is 5.50. The number of ether oxygens (including phenoxy) is 1. The van der Waals surface area contributed by atoms with E-state index in [9.17, 15) is 14.4 Å². The highest BCUT2D eigenvalue weighted by Gasteiger charge is 2.23. The normalized spacial score (nSPS) is 13.1. The minimum atomic E-state index is -0.519. The zero-order valence-electron chi connectivity index (χ0n) is 19.4. The molecule has 5 nitrogen and oxygen atoms in total. The first-order valence-electron chi connectivity index (χ1n) is 12.0. The Morgan fingerprint density at radius 3 is 2.31 bits per heavy atom. The van der Waals surface area contributed by atoms with Crippen molar-refractivity contribution in [3.63, 3.8) is 0 Å². The Hall–Kier alpha value is -2.69. The van der Waals surface area contributed by atoms with Crippen LogP contribution in [0, 0.1) is 0 Å². The number of nitrogens with one attached hydrogen (secondary N) is 1. The molecule has 0 atom stereocenters. The number of imide groups is 1. The SMILES string of the molecule is C=CCCCCCCCCCCc1ccc(COC(=O)CC2=CC(=O)NC2=O)c(CC)c1. The standard InChI is InChI=1S/C27H37NO4/c1-3-5-6-7-8-9-10-11-12-13-14-21-15-16-23(22(4-2)17-21)20-32-26(30)19-24-18-25(29)28-27(24)31/h3,15-18H,1,4-14,19-20H2,2H3,(H,28,29,31). The summed E-state index contributed by atoms with van der Waals surface area (Å²) in [6.45, 7) is 6.04. The molecule has 1 aromatic carbocycles. The Morgan fingerprint density at radius 1 is 1.00 bits per heavy atom. The minimum absolute atomic E-state index is 0.152. The number of carbonyl (C=O) groups is 3. The maximum Gasteiger partial charge on any atom is 0.310 e. The summed E-state index contributed by atoms with van der Waals surface area (Å²) in [4.78, 5) is 34.7. The second kappa shape index (κ2) is 14.4. The Bertz CT molecular complexity index is 825. The lowest BCUT2D eigenvalue weighted by molar-refractivity contribution is -0.144. The number of hydrogen-bond donors (Lipinski definition) is 1. The summed E-state index contributed by atoms with van der Waals surface area (Å²) < 4.78 is 5.35. The molecule has 0 aliphatic carbocycles.